The SMILES string of the molecule is O=C1OCCC/C=C\[C@H]2S[C@]34C=CCN(c5ccc6ccccc6c5)C(=O)C3N(CCCCCCO)C(=O)[C@@H]4[C@@H]12. The third-order valence-corrected chi connectivity index (χ3v) is 10.4. The van der Waals surface area contributed by atoms with Crippen molar-refractivity contribution in [3.8, 4) is 0 Å². The van der Waals surface area contributed by atoms with Gasteiger partial charge in [-0.05, 0) is 48.6 Å². The zero-order chi connectivity index (χ0) is 27.7. The summed E-state index contributed by atoms with van der Waals surface area (Å²) in [6.45, 7) is 1.33. The molecule has 1 unspecified atom stereocenters. The fourth-order valence-electron chi connectivity index (χ4n) is 6.82. The van der Waals surface area contributed by atoms with Crippen molar-refractivity contribution < 1.29 is 24.2 Å². The van der Waals surface area contributed by atoms with Crippen molar-refractivity contribution in [3.05, 3.63) is 66.8 Å². The number of unbranched alkanes of at least 4 members (excludes halogenated alkanes) is 3. The van der Waals surface area contributed by atoms with Crippen LogP contribution >= 0.6 is 11.8 Å². The van der Waals surface area contributed by atoms with Crippen LogP contribution in [-0.4, -0.2) is 70.1 Å². The number of hydrogen-bond donors (Lipinski definition) is 1. The molecule has 1 spiro atoms. The Kier molecular flexibility index (Phi) is 7.73. The van der Waals surface area contributed by atoms with Gasteiger partial charge in [0.2, 0.25) is 5.91 Å². The lowest BCUT2D eigenvalue weighted by molar-refractivity contribution is -0.153. The van der Waals surface area contributed by atoms with E-state index in [9.17, 15) is 19.5 Å². The molecule has 0 aliphatic carbocycles. The van der Waals surface area contributed by atoms with Crippen molar-refractivity contribution >= 4 is 46.0 Å². The molecule has 7 nitrogen and oxygen atoms in total. The number of carbonyl (C=O) groups excluding carboxylic acids is 3. The lowest BCUT2D eigenvalue weighted by Gasteiger charge is -2.35. The summed E-state index contributed by atoms with van der Waals surface area (Å²) in [5.41, 5.74) is 0.800. The topological polar surface area (TPSA) is 87.2 Å². The quantitative estimate of drug-likeness (QED) is 0.305. The second-order valence-corrected chi connectivity index (χ2v) is 12.6. The maximum Gasteiger partial charge on any atom is 0.311 e. The number of hydrogen-bond acceptors (Lipinski definition) is 6. The van der Waals surface area contributed by atoms with E-state index in [-0.39, 0.29) is 29.6 Å². The molecule has 4 heterocycles. The number of allylic oxidation sites excluding steroid dienone is 1. The van der Waals surface area contributed by atoms with Crippen LogP contribution in [0.3, 0.4) is 0 Å². The van der Waals surface area contributed by atoms with Crippen molar-refractivity contribution in [2.75, 3.05) is 31.2 Å². The second kappa shape index (κ2) is 11.4. The minimum Gasteiger partial charge on any atom is -0.465 e. The molecule has 0 aromatic heterocycles. The summed E-state index contributed by atoms with van der Waals surface area (Å²) in [4.78, 5) is 45.8. The van der Waals surface area contributed by atoms with E-state index in [4.69, 9.17) is 4.74 Å². The third kappa shape index (κ3) is 4.65. The molecule has 0 radical (unpaired) electrons. The summed E-state index contributed by atoms with van der Waals surface area (Å²) < 4.78 is 4.81. The number of aliphatic hydroxyl groups excluding tert-OH is 1. The van der Waals surface area contributed by atoms with Gasteiger partial charge in [-0.15, -0.1) is 11.8 Å². The first kappa shape index (κ1) is 27.1. The van der Waals surface area contributed by atoms with Gasteiger partial charge in [-0.2, -0.15) is 0 Å². The van der Waals surface area contributed by atoms with Crippen LogP contribution in [0.25, 0.3) is 10.8 Å². The Hall–Kier alpha value is -3.10. The number of esters is 1. The lowest BCUT2D eigenvalue weighted by atomic mass is 9.78. The van der Waals surface area contributed by atoms with Gasteiger partial charge < -0.3 is 19.6 Å². The molecule has 0 bridgehead atoms. The minimum atomic E-state index is -0.844. The van der Waals surface area contributed by atoms with E-state index in [1.54, 1.807) is 21.6 Å². The normalized spacial score (nSPS) is 30.7. The number of carbonyl (C=O) groups is 3. The van der Waals surface area contributed by atoms with Crippen molar-refractivity contribution in [2.24, 2.45) is 11.8 Å². The molecule has 1 N–H and O–H groups in total. The Bertz CT molecular complexity index is 1360. The number of likely N-dealkylation sites (tertiary alicyclic amines) is 1. The van der Waals surface area contributed by atoms with Crippen LogP contribution in [0.2, 0.25) is 0 Å². The van der Waals surface area contributed by atoms with Crippen LogP contribution < -0.4 is 4.90 Å². The van der Waals surface area contributed by atoms with Gasteiger partial charge in [0.1, 0.15) is 6.04 Å². The third-order valence-electron chi connectivity index (χ3n) is 8.70. The molecule has 2 amide bonds. The number of aliphatic hydroxyl groups is 1. The van der Waals surface area contributed by atoms with Crippen LogP contribution in [0.15, 0.2) is 66.8 Å². The zero-order valence-electron chi connectivity index (χ0n) is 22.6. The number of amides is 2. The molecular weight excluding hydrogens is 524 g/mol. The number of benzene rings is 2. The van der Waals surface area contributed by atoms with Gasteiger partial charge in [0.25, 0.3) is 5.91 Å². The Morgan fingerprint density at radius 1 is 0.975 bits per heavy atom. The summed E-state index contributed by atoms with van der Waals surface area (Å²) in [6, 6.07) is 13.4. The smallest absolute Gasteiger partial charge is 0.311 e. The van der Waals surface area contributed by atoms with Gasteiger partial charge in [-0.3, -0.25) is 14.4 Å². The Balaban J connectivity index is 1.39. The highest BCUT2D eigenvalue weighted by Crippen LogP contribution is 2.60. The van der Waals surface area contributed by atoms with E-state index < -0.39 is 22.6 Å². The van der Waals surface area contributed by atoms with E-state index in [0.717, 1.165) is 55.0 Å². The predicted octanol–water partition coefficient (Wildman–Crippen LogP) is 4.49. The molecule has 2 aromatic rings. The summed E-state index contributed by atoms with van der Waals surface area (Å²) in [5, 5.41) is 11.1. The van der Waals surface area contributed by atoms with Gasteiger partial charge in [0, 0.05) is 30.6 Å². The van der Waals surface area contributed by atoms with Crippen molar-refractivity contribution in [1.29, 1.82) is 0 Å². The van der Waals surface area contributed by atoms with E-state index in [1.807, 2.05) is 48.5 Å². The number of fused-ring (bicyclic) bond motifs is 3. The number of nitrogens with zero attached hydrogens (tertiary/aromatic N) is 2. The Morgan fingerprint density at radius 3 is 2.65 bits per heavy atom. The second-order valence-electron chi connectivity index (χ2n) is 11.1. The molecule has 2 fully saturated rings. The van der Waals surface area contributed by atoms with Crippen LogP contribution in [0.5, 0.6) is 0 Å². The molecule has 2 aromatic carbocycles. The highest BCUT2D eigenvalue weighted by atomic mass is 32.2. The summed E-state index contributed by atoms with van der Waals surface area (Å²) in [6.07, 6.45) is 13.0. The zero-order valence-corrected chi connectivity index (χ0v) is 23.4. The van der Waals surface area contributed by atoms with Crippen molar-refractivity contribution in [2.45, 2.75) is 54.6 Å². The van der Waals surface area contributed by atoms with E-state index in [2.05, 4.69) is 18.2 Å². The summed E-state index contributed by atoms with van der Waals surface area (Å²) in [7, 11) is 0. The number of anilines is 1. The van der Waals surface area contributed by atoms with E-state index >= 15 is 0 Å². The Labute approximate surface area is 239 Å². The molecule has 210 valence electrons. The fourth-order valence-corrected chi connectivity index (χ4v) is 8.82. The first-order chi connectivity index (χ1) is 19.5. The maximum atomic E-state index is 14.6. The van der Waals surface area contributed by atoms with Crippen LogP contribution in [0.4, 0.5) is 5.69 Å². The van der Waals surface area contributed by atoms with Gasteiger partial charge in [0.05, 0.1) is 23.2 Å². The van der Waals surface area contributed by atoms with Gasteiger partial charge in [-0.1, -0.05) is 67.5 Å². The first-order valence-electron chi connectivity index (χ1n) is 14.5. The molecule has 6 rings (SSSR count). The lowest BCUT2D eigenvalue weighted by Crippen LogP contribution is -2.53. The molecule has 4 aliphatic rings. The van der Waals surface area contributed by atoms with Gasteiger partial charge in [-0.25, -0.2) is 0 Å². The van der Waals surface area contributed by atoms with Gasteiger partial charge in [0.15, 0.2) is 0 Å². The highest BCUT2D eigenvalue weighted by molar-refractivity contribution is 8.02. The number of rotatable bonds is 7. The van der Waals surface area contributed by atoms with E-state index in [1.165, 1.54) is 0 Å². The summed E-state index contributed by atoms with van der Waals surface area (Å²) >= 11 is 1.59. The predicted molar refractivity (Wildman–Crippen MR) is 157 cm³/mol. The van der Waals surface area contributed by atoms with Crippen LogP contribution in [0, 0.1) is 11.8 Å². The highest BCUT2D eigenvalue weighted by Gasteiger charge is 2.70. The first-order valence-corrected chi connectivity index (χ1v) is 15.3. The van der Waals surface area contributed by atoms with Crippen LogP contribution in [0.1, 0.15) is 38.5 Å². The molecular formula is C32H36N2O5S. The standard InChI is InChI=1S/C32H36N2O5S/c35-19-8-2-1-7-17-34-28-30(37)33(24-15-14-22-11-5-6-12-23(22)21-24)18-10-16-32(28)27(29(34)36)26-25(40-32)13-4-3-9-20-39-31(26)38/h4-6,10-16,21,25-28,35H,1-3,7-9,17-20H2/b13-4-/t25-,26+,27+,28?,32+/m1/s1. The maximum absolute atomic E-state index is 14.6. The average Bonchev–Trinajstić information content (AvgIpc) is 3.37. The van der Waals surface area contributed by atoms with Crippen LogP contribution in [-0.2, 0) is 19.1 Å². The average molecular weight is 561 g/mol. The van der Waals surface area contributed by atoms with Crippen molar-refractivity contribution in [1.82, 2.24) is 4.90 Å². The molecule has 2 saturated heterocycles. The largest absolute Gasteiger partial charge is 0.465 e. The molecule has 8 heteroatoms. The summed E-state index contributed by atoms with van der Waals surface area (Å²) in [5.74, 6) is -1.85. The molecule has 40 heavy (non-hydrogen) atoms. The van der Waals surface area contributed by atoms with E-state index in [0.29, 0.717) is 19.7 Å². The molecule has 4 aliphatic heterocycles. The molecule has 5 atom stereocenters. The fraction of sp³-hybridized carbons (Fsp3) is 0.469. The van der Waals surface area contributed by atoms with Gasteiger partial charge >= 0.3 is 5.97 Å². The number of cyclic esters (lactones) is 1. The molecule has 0 saturated carbocycles. The monoisotopic (exact) mass is 560 g/mol. The Morgan fingerprint density at radius 2 is 1.80 bits per heavy atom. The number of thioether (sulfide) groups is 1. The van der Waals surface area contributed by atoms with Crippen molar-refractivity contribution in [3.63, 3.8) is 0 Å². The number of ether oxygens (including phenoxy) is 1. The minimum absolute atomic E-state index is 0.108.